The predicted octanol–water partition coefficient (Wildman–Crippen LogP) is 3.89. The molecule has 6 heteroatoms. The molecule has 1 aliphatic heterocycles. The molecule has 1 saturated heterocycles. The first-order valence-electron chi connectivity index (χ1n) is 11.6. The van der Waals surface area contributed by atoms with E-state index in [4.69, 9.17) is 9.47 Å². The van der Waals surface area contributed by atoms with Crippen LogP contribution >= 0.6 is 0 Å². The topological polar surface area (TPSA) is 67.9 Å². The van der Waals surface area contributed by atoms with Gasteiger partial charge in [-0.25, -0.2) is 0 Å². The smallest absolute Gasteiger partial charge is 0.255 e. The van der Waals surface area contributed by atoms with E-state index in [2.05, 4.69) is 17.4 Å². The van der Waals surface area contributed by atoms with Gasteiger partial charge in [-0.2, -0.15) is 0 Å². The van der Waals surface area contributed by atoms with Crippen molar-refractivity contribution >= 4 is 11.8 Å². The van der Waals surface area contributed by atoms with Gasteiger partial charge in [0, 0.05) is 31.8 Å². The molecule has 2 aliphatic carbocycles. The monoisotopic (exact) mass is 434 g/mol. The van der Waals surface area contributed by atoms with Gasteiger partial charge in [-0.15, -0.1) is 0 Å². The van der Waals surface area contributed by atoms with Gasteiger partial charge in [0.2, 0.25) is 5.91 Å². The maximum absolute atomic E-state index is 13.3. The number of amides is 2. The third-order valence-corrected chi connectivity index (χ3v) is 6.84. The van der Waals surface area contributed by atoms with Crippen LogP contribution in [0.2, 0.25) is 0 Å². The molecule has 3 aliphatic rings. The number of piperidine rings is 1. The number of hydrogen-bond acceptors (Lipinski definition) is 4. The van der Waals surface area contributed by atoms with E-state index in [0.717, 1.165) is 51.6 Å². The minimum atomic E-state index is -0.151. The molecule has 0 unspecified atom stereocenters. The van der Waals surface area contributed by atoms with Crippen molar-refractivity contribution in [3.8, 4) is 11.5 Å². The Kier molecular flexibility index (Phi) is 5.77. The summed E-state index contributed by atoms with van der Waals surface area (Å²) in [5, 5.41) is 3.19. The van der Waals surface area contributed by atoms with Gasteiger partial charge in [0.15, 0.2) is 0 Å². The highest BCUT2D eigenvalue weighted by atomic mass is 16.5. The van der Waals surface area contributed by atoms with Crippen molar-refractivity contribution in [3.05, 3.63) is 59.2 Å². The molecule has 2 aromatic carbocycles. The molecule has 32 heavy (non-hydrogen) atoms. The Morgan fingerprint density at radius 3 is 2.53 bits per heavy atom. The average Bonchev–Trinajstić information content (AvgIpc) is 3.61. The van der Waals surface area contributed by atoms with Crippen LogP contribution in [0.15, 0.2) is 42.5 Å². The molecular formula is C26H30N2O4. The molecule has 0 bridgehead atoms. The van der Waals surface area contributed by atoms with E-state index < -0.39 is 0 Å². The second-order valence-corrected chi connectivity index (χ2v) is 9.04. The summed E-state index contributed by atoms with van der Waals surface area (Å²) < 4.78 is 11.7. The average molecular weight is 435 g/mol. The normalized spacial score (nSPS) is 20.5. The largest absolute Gasteiger partial charge is 0.497 e. The van der Waals surface area contributed by atoms with Gasteiger partial charge in [-0.3, -0.25) is 9.59 Å². The number of hydrogen-bond donors (Lipinski definition) is 1. The van der Waals surface area contributed by atoms with Gasteiger partial charge in [0.05, 0.1) is 18.7 Å². The molecule has 2 fully saturated rings. The molecule has 1 saturated carbocycles. The van der Waals surface area contributed by atoms with E-state index in [0.29, 0.717) is 23.0 Å². The second-order valence-electron chi connectivity index (χ2n) is 9.04. The van der Waals surface area contributed by atoms with Gasteiger partial charge in [0.25, 0.3) is 5.91 Å². The molecule has 2 aromatic rings. The molecule has 168 valence electrons. The number of nitrogens with zero attached hydrogens (tertiary/aromatic N) is 1. The van der Waals surface area contributed by atoms with Crippen LogP contribution in [0.25, 0.3) is 0 Å². The number of aryl methyl sites for hydroxylation is 1. The van der Waals surface area contributed by atoms with E-state index in [-0.39, 0.29) is 24.0 Å². The summed E-state index contributed by atoms with van der Waals surface area (Å²) in [6.07, 6.45) is 5.49. The van der Waals surface area contributed by atoms with E-state index in [9.17, 15) is 9.59 Å². The maximum Gasteiger partial charge on any atom is 0.255 e. The number of carbonyl (C=O) groups excluding carboxylic acids is 2. The van der Waals surface area contributed by atoms with Crippen molar-refractivity contribution in [2.45, 2.75) is 50.7 Å². The fourth-order valence-electron chi connectivity index (χ4n) is 4.82. The highest BCUT2D eigenvalue weighted by molar-refractivity contribution is 5.97. The van der Waals surface area contributed by atoms with Crippen molar-refractivity contribution in [1.82, 2.24) is 10.2 Å². The Morgan fingerprint density at radius 1 is 1.00 bits per heavy atom. The molecule has 5 rings (SSSR count). The highest BCUT2D eigenvalue weighted by Crippen LogP contribution is 2.34. The van der Waals surface area contributed by atoms with Crippen LogP contribution in [0, 0.1) is 5.92 Å². The minimum Gasteiger partial charge on any atom is -0.497 e. The first kappa shape index (κ1) is 20.9. The predicted molar refractivity (Wildman–Crippen MR) is 121 cm³/mol. The summed E-state index contributed by atoms with van der Waals surface area (Å²) in [7, 11) is 1.59. The number of ether oxygens (including phenoxy) is 2. The number of carbonyl (C=O) groups is 2. The second kappa shape index (κ2) is 8.85. The summed E-state index contributed by atoms with van der Waals surface area (Å²) in [5.41, 5.74) is 2.98. The molecule has 6 nitrogen and oxygen atoms in total. The SMILES string of the molecule is COc1ccc(OC2CCN(C(=O)C3CC3)CC2)c(C(=O)N[C@H]2CCc3ccccc32)c1. The lowest BCUT2D eigenvalue weighted by atomic mass is 10.1. The van der Waals surface area contributed by atoms with Crippen LogP contribution < -0.4 is 14.8 Å². The molecule has 1 atom stereocenters. The van der Waals surface area contributed by atoms with Crippen LogP contribution in [-0.2, 0) is 11.2 Å². The molecule has 0 spiro atoms. The zero-order valence-corrected chi connectivity index (χ0v) is 18.5. The summed E-state index contributed by atoms with van der Waals surface area (Å²) in [6, 6.07) is 13.7. The summed E-state index contributed by atoms with van der Waals surface area (Å²) in [4.78, 5) is 27.5. The first-order valence-corrected chi connectivity index (χ1v) is 11.6. The quantitative estimate of drug-likeness (QED) is 0.749. The third kappa shape index (κ3) is 4.31. The molecule has 0 radical (unpaired) electrons. The van der Waals surface area contributed by atoms with Gasteiger partial charge in [0.1, 0.15) is 17.6 Å². The summed E-state index contributed by atoms with van der Waals surface area (Å²) in [6.45, 7) is 1.44. The number of rotatable bonds is 6. The molecular weight excluding hydrogens is 404 g/mol. The zero-order chi connectivity index (χ0) is 22.1. The number of nitrogens with one attached hydrogen (secondary N) is 1. The fourth-order valence-corrected chi connectivity index (χ4v) is 4.82. The number of methoxy groups -OCH3 is 1. The highest BCUT2D eigenvalue weighted by Gasteiger charge is 2.35. The van der Waals surface area contributed by atoms with E-state index >= 15 is 0 Å². The van der Waals surface area contributed by atoms with E-state index in [1.807, 2.05) is 29.2 Å². The Morgan fingerprint density at radius 2 is 1.78 bits per heavy atom. The number of fused-ring (bicyclic) bond motifs is 1. The summed E-state index contributed by atoms with van der Waals surface area (Å²) >= 11 is 0. The van der Waals surface area contributed by atoms with Gasteiger partial charge in [-0.05, 0) is 55.0 Å². The Labute approximate surface area is 188 Å². The van der Waals surface area contributed by atoms with Gasteiger partial charge < -0.3 is 19.7 Å². The maximum atomic E-state index is 13.3. The van der Waals surface area contributed by atoms with Crippen LogP contribution in [0.4, 0.5) is 0 Å². The van der Waals surface area contributed by atoms with Gasteiger partial charge in [-0.1, -0.05) is 24.3 Å². The zero-order valence-electron chi connectivity index (χ0n) is 18.5. The number of benzene rings is 2. The van der Waals surface area contributed by atoms with Crippen LogP contribution in [0.5, 0.6) is 11.5 Å². The van der Waals surface area contributed by atoms with Crippen molar-refractivity contribution in [2.75, 3.05) is 20.2 Å². The Hall–Kier alpha value is -3.02. The Bertz CT molecular complexity index is 1010. The summed E-state index contributed by atoms with van der Waals surface area (Å²) in [5.74, 6) is 1.59. The standard InChI is InChI=1S/C26H30N2O4/c1-31-20-9-11-24(32-19-12-14-28(15-13-19)26(30)18-6-7-18)22(16-20)25(29)27-23-10-8-17-4-2-3-5-21(17)23/h2-5,9,11,16,18-19,23H,6-8,10,12-15H2,1H3,(H,27,29)/t23-/m0/s1. The first-order chi connectivity index (χ1) is 15.6. The minimum absolute atomic E-state index is 0.00873. The van der Waals surface area contributed by atoms with Crippen molar-refractivity contribution in [3.63, 3.8) is 0 Å². The van der Waals surface area contributed by atoms with Gasteiger partial charge >= 0.3 is 0 Å². The number of likely N-dealkylation sites (tertiary alicyclic amines) is 1. The lowest BCUT2D eigenvalue weighted by molar-refractivity contribution is -0.134. The van der Waals surface area contributed by atoms with E-state index in [1.165, 1.54) is 11.1 Å². The van der Waals surface area contributed by atoms with E-state index in [1.54, 1.807) is 13.2 Å². The van der Waals surface area contributed by atoms with Crippen LogP contribution in [-0.4, -0.2) is 43.0 Å². The molecule has 1 N–H and O–H groups in total. The fraction of sp³-hybridized carbons (Fsp3) is 0.462. The third-order valence-electron chi connectivity index (χ3n) is 6.84. The lowest BCUT2D eigenvalue weighted by Gasteiger charge is -2.32. The van der Waals surface area contributed by atoms with Crippen LogP contribution in [0.3, 0.4) is 0 Å². The van der Waals surface area contributed by atoms with Crippen molar-refractivity contribution in [2.24, 2.45) is 5.92 Å². The molecule has 2 amide bonds. The molecule has 1 heterocycles. The Balaban J connectivity index is 1.27. The van der Waals surface area contributed by atoms with Crippen LogP contribution in [0.1, 0.15) is 59.6 Å². The molecule has 0 aromatic heterocycles. The van der Waals surface area contributed by atoms with Crippen molar-refractivity contribution < 1.29 is 19.1 Å². The van der Waals surface area contributed by atoms with Crippen molar-refractivity contribution in [1.29, 1.82) is 0 Å². The lowest BCUT2D eigenvalue weighted by Crippen LogP contribution is -2.42.